The fourth-order valence-electron chi connectivity index (χ4n) is 22.7. The molecule has 0 N–H and O–H groups in total. The van der Waals surface area contributed by atoms with Crippen LogP contribution in [0.2, 0.25) is 0 Å². The average molecular weight is 1380 g/mol. The standard InChI is InChI=1S/C105H62BN3/c1-2-26-63(27-3-1)64-50-55-98-94(56-64)106-95-62-93-81(76-36-12-23-47-90(76)105(93)86-43-19-8-32-72(86)73-33-9-20-44-87(73)105)61-99(95)108(65-52-54-91-80(57-65)75-35-11-22-46-89(75)103(91)82-39-15-4-28-68(82)69-29-5-16-40-83(69)103)101-60-67(109-96-48-24-13-37-78(96)79-38-14-25-49-97(79)109)59-100(102(101)106)107(98)66-51-53-77-74-34-10-21-45-88(74)104(92(77)58-66)84-41-17-6-30-70(84)71-31-7-18-42-85(71)104/h1-62H. The molecule has 3 spiro atoms. The lowest BCUT2D eigenvalue weighted by molar-refractivity contribution is 0.793. The van der Waals surface area contributed by atoms with E-state index >= 15 is 0 Å². The summed E-state index contributed by atoms with van der Waals surface area (Å²) >= 11 is 0. The summed E-state index contributed by atoms with van der Waals surface area (Å²) in [6.07, 6.45) is 0. The molecule has 109 heavy (non-hydrogen) atoms. The molecule has 1 aromatic heterocycles. The van der Waals surface area contributed by atoms with Crippen LogP contribution in [-0.4, -0.2) is 11.3 Å². The summed E-state index contributed by atoms with van der Waals surface area (Å²) in [6, 6.07) is 146. The van der Waals surface area contributed by atoms with Gasteiger partial charge in [0.25, 0.3) is 6.71 Å². The predicted octanol–water partition coefficient (Wildman–Crippen LogP) is 23.6. The Morgan fingerprint density at radius 2 is 0.532 bits per heavy atom. The molecule has 8 aliphatic rings. The maximum absolute atomic E-state index is 2.72. The number of nitrogens with zero attached hydrogens (tertiary/aromatic N) is 3. The summed E-state index contributed by atoms with van der Waals surface area (Å²) < 4.78 is 2.56. The second-order valence-corrected chi connectivity index (χ2v) is 31.1. The van der Waals surface area contributed by atoms with E-state index in [-0.39, 0.29) is 6.71 Å². The summed E-state index contributed by atoms with van der Waals surface area (Å²) in [6.45, 7) is -0.264. The van der Waals surface area contributed by atoms with Crippen molar-refractivity contribution in [2.24, 2.45) is 0 Å². The Labute approximate surface area is 631 Å². The van der Waals surface area contributed by atoms with Gasteiger partial charge in [0, 0.05) is 44.9 Å². The second kappa shape index (κ2) is 20.8. The van der Waals surface area contributed by atoms with Crippen molar-refractivity contribution in [2.75, 3.05) is 9.80 Å². The van der Waals surface area contributed by atoms with Gasteiger partial charge in [-0.15, -0.1) is 0 Å². The number of hydrogen-bond donors (Lipinski definition) is 0. The minimum atomic E-state index is -0.604. The van der Waals surface area contributed by atoms with Crippen molar-refractivity contribution in [3.05, 3.63) is 443 Å². The molecule has 3 nitrogen and oxygen atoms in total. The quantitative estimate of drug-likeness (QED) is 0.163. The van der Waals surface area contributed by atoms with Crippen LogP contribution in [0.1, 0.15) is 66.8 Å². The molecule has 2 aliphatic heterocycles. The Morgan fingerprint density at radius 3 is 1.00 bits per heavy atom. The minimum Gasteiger partial charge on any atom is -0.311 e. The average Bonchev–Trinajstić information content (AvgIpc) is 1.56. The van der Waals surface area contributed by atoms with E-state index in [0.29, 0.717) is 0 Å². The largest absolute Gasteiger partial charge is 0.311 e. The lowest BCUT2D eigenvalue weighted by atomic mass is 9.33. The van der Waals surface area contributed by atoms with E-state index in [4.69, 9.17) is 0 Å². The first kappa shape index (κ1) is 58.5. The van der Waals surface area contributed by atoms with Gasteiger partial charge in [-0.3, -0.25) is 0 Å². The molecule has 0 radical (unpaired) electrons. The second-order valence-electron chi connectivity index (χ2n) is 31.1. The van der Waals surface area contributed by atoms with Crippen LogP contribution in [0.15, 0.2) is 376 Å². The molecule has 0 amide bonds. The van der Waals surface area contributed by atoms with Crippen LogP contribution in [0.25, 0.3) is 105 Å². The minimum absolute atomic E-state index is 0.264. The first-order valence-electron chi connectivity index (χ1n) is 38.4. The van der Waals surface area contributed by atoms with E-state index in [1.165, 1.54) is 177 Å². The van der Waals surface area contributed by atoms with Crippen LogP contribution in [0.5, 0.6) is 0 Å². The van der Waals surface area contributed by atoms with Gasteiger partial charge in [-0.2, -0.15) is 0 Å². The normalized spacial score (nSPS) is 15.0. The Kier molecular flexibility index (Phi) is 11.2. The number of hydrogen-bond acceptors (Lipinski definition) is 2. The van der Waals surface area contributed by atoms with E-state index in [0.717, 1.165) is 45.2 Å². The monoisotopic (exact) mass is 1380 g/mol. The number of anilines is 6. The van der Waals surface area contributed by atoms with Crippen LogP contribution in [0.4, 0.5) is 34.1 Å². The van der Waals surface area contributed by atoms with E-state index in [9.17, 15) is 0 Å². The number of rotatable bonds is 4. The van der Waals surface area contributed by atoms with Gasteiger partial charge in [0.1, 0.15) is 0 Å². The fraction of sp³-hybridized carbons (Fsp3) is 0.0286. The maximum atomic E-state index is 2.72. The Balaban J connectivity index is 0.816. The molecule has 0 saturated carbocycles. The predicted molar refractivity (Wildman–Crippen MR) is 449 cm³/mol. The molecule has 0 saturated heterocycles. The van der Waals surface area contributed by atoms with Crippen molar-refractivity contribution in [3.8, 4) is 83.6 Å². The highest BCUT2D eigenvalue weighted by Gasteiger charge is 2.57. The molecule has 0 bridgehead atoms. The molecule has 0 fully saturated rings. The van der Waals surface area contributed by atoms with Crippen LogP contribution >= 0.6 is 0 Å². The van der Waals surface area contributed by atoms with Crippen molar-refractivity contribution < 1.29 is 0 Å². The van der Waals surface area contributed by atoms with Gasteiger partial charge in [0.15, 0.2) is 0 Å². The first-order valence-corrected chi connectivity index (χ1v) is 38.4. The van der Waals surface area contributed by atoms with Gasteiger partial charge in [0.05, 0.1) is 33.0 Å². The summed E-state index contributed by atoms with van der Waals surface area (Å²) in [5.41, 5.74) is 46.0. The molecule has 0 unspecified atom stereocenters. The van der Waals surface area contributed by atoms with Gasteiger partial charge in [-0.25, -0.2) is 0 Å². The lowest BCUT2D eigenvalue weighted by Crippen LogP contribution is -2.61. The van der Waals surface area contributed by atoms with Gasteiger partial charge in [0.2, 0.25) is 0 Å². The smallest absolute Gasteiger partial charge is 0.252 e. The highest BCUT2D eigenvalue weighted by atomic mass is 15.2. The summed E-state index contributed by atoms with van der Waals surface area (Å²) in [7, 11) is 0. The molecular weight excluding hydrogens is 1310 g/mol. The molecule has 6 aliphatic carbocycles. The summed E-state index contributed by atoms with van der Waals surface area (Å²) in [5.74, 6) is 0. The van der Waals surface area contributed by atoms with Crippen molar-refractivity contribution in [1.82, 2.24) is 4.57 Å². The molecular formula is C105H62BN3. The molecule has 4 heteroatoms. The number of para-hydroxylation sites is 2. The number of benzene rings is 17. The zero-order valence-electron chi connectivity index (χ0n) is 59.2. The van der Waals surface area contributed by atoms with E-state index in [1.54, 1.807) is 0 Å². The molecule has 0 atom stereocenters. The third-order valence-corrected chi connectivity index (χ3v) is 26.6. The highest BCUT2D eigenvalue weighted by Crippen LogP contribution is 2.68. The van der Waals surface area contributed by atoms with Crippen LogP contribution in [-0.2, 0) is 16.2 Å². The van der Waals surface area contributed by atoms with E-state index in [1.807, 2.05) is 0 Å². The van der Waals surface area contributed by atoms with Gasteiger partial charge in [-0.05, 0) is 222 Å². The van der Waals surface area contributed by atoms with Crippen molar-refractivity contribution >= 4 is 79.0 Å². The molecule has 18 aromatic rings. The van der Waals surface area contributed by atoms with Crippen LogP contribution < -0.4 is 26.2 Å². The van der Waals surface area contributed by atoms with Gasteiger partial charge < -0.3 is 14.4 Å². The topological polar surface area (TPSA) is 11.4 Å². The first-order chi connectivity index (χ1) is 54.1. The van der Waals surface area contributed by atoms with Crippen LogP contribution in [0, 0.1) is 0 Å². The lowest BCUT2D eigenvalue weighted by Gasteiger charge is -2.45. The zero-order chi connectivity index (χ0) is 70.7. The SMILES string of the molecule is c1ccc(-c2ccc3c(c2)B2c4cc5c(cc4N(c4ccc6c(c4)-c4ccccc4C64c6ccccc6-c6ccccc64)c4cc(-n6c7ccccc7c7ccccc76)cc(c42)N3c2ccc3c(c2)C2(c4ccccc4-c4ccccc42)c2ccccc2-3)-c2ccccc2C52c3ccccc3-c3ccccc32)cc1. The van der Waals surface area contributed by atoms with Crippen molar-refractivity contribution in [1.29, 1.82) is 0 Å². The molecule has 500 valence electrons. The molecule has 3 heterocycles. The van der Waals surface area contributed by atoms with E-state index in [2.05, 4.69) is 390 Å². The van der Waals surface area contributed by atoms with E-state index < -0.39 is 16.2 Å². The van der Waals surface area contributed by atoms with Crippen LogP contribution in [0.3, 0.4) is 0 Å². The Hall–Kier alpha value is -13.8. The Morgan fingerprint density at radius 1 is 0.193 bits per heavy atom. The number of fused-ring (bicyclic) bond motifs is 37. The zero-order valence-corrected chi connectivity index (χ0v) is 59.2. The highest BCUT2D eigenvalue weighted by molar-refractivity contribution is 7.00. The maximum Gasteiger partial charge on any atom is 0.252 e. The molecule has 26 rings (SSSR count). The third-order valence-electron chi connectivity index (χ3n) is 26.6. The van der Waals surface area contributed by atoms with Gasteiger partial charge in [-0.1, -0.05) is 315 Å². The number of aromatic nitrogens is 1. The third kappa shape index (κ3) is 7.00. The fourth-order valence-corrected chi connectivity index (χ4v) is 22.7. The Bertz CT molecular complexity index is 6960. The van der Waals surface area contributed by atoms with Gasteiger partial charge >= 0.3 is 0 Å². The van der Waals surface area contributed by atoms with Crippen molar-refractivity contribution in [2.45, 2.75) is 16.2 Å². The molecule has 17 aromatic carbocycles. The van der Waals surface area contributed by atoms with Crippen molar-refractivity contribution in [3.63, 3.8) is 0 Å². The summed E-state index contributed by atoms with van der Waals surface area (Å²) in [5, 5.41) is 2.44. The summed E-state index contributed by atoms with van der Waals surface area (Å²) in [4.78, 5) is 5.41.